The molecule has 1 aromatic carbocycles. The second kappa shape index (κ2) is 7.22. The van der Waals surface area contributed by atoms with E-state index >= 15 is 0 Å². The fourth-order valence-electron chi connectivity index (χ4n) is 2.13. The lowest BCUT2D eigenvalue weighted by atomic mass is 10.1. The van der Waals surface area contributed by atoms with Gasteiger partial charge in [-0.05, 0) is 25.0 Å². The van der Waals surface area contributed by atoms with Crippen molar-refractivity contribution in [3.63, 3.8) is 0 Å². The van der Waals surface area contributed by atoms with Gasteiger partial charge in [0.1, 0.15) is 0 Å². The predicted octanol–water partition coefficient (Wildman–Crippen LogP) is 2.81. The number of hydrogen-bond acceptors (Lipinski definition) is 3. The van der Waals surface area contributed by atoms with Crippen LogP contribution >= 0.6 is 0 Å². The lowest BCUT2D eigenvalue weighted by molar-refractivity contribution is 0.133. The second-order valence-corrected chi connectivity index (χ2v) is 4.96. The molecule has 0 spiro atoms. The summed E-state index contributed by atoms with van der Waals surface area (Å²) >= 11 is 0. The monoisotopic (exact) mass is 273 g/mol. The van der Waals surface area contributed by atoms with Gasteiger partial charge in [-0.2, -0.15) is 5.10 Å². The first-order chi connectivity index (χ1) is 9.70. The van der Waals surface area contributed by atoms with Crippen LogP contribution in [-0.2, 0) is 24.9 Å². The Bertz CT molecular complexity index is 536. The molecule has 4 heteroatoms. The first kappa shape index (κ1) is 14.8. The third-order valence-corrected chi connectivity index (χ3v) is 3.40. The van der Waals surface area contributed by atoms with E-state index in [2.05, 4.69) is 41.6 Å². The fraction of sp³-hybridized carbons (Fsp3) is 0.438. The van der Waals surface area contributed by atoms with Crippen molar-refractivity contribution in [2.24, 2.45) is 7.05 Å². The Morgan fingerprint density at radius 3 is 2.70 bits per heavy atom. The second-order valence-electron chi connectivity index (χ2n) is 4.96. The van der Waals surface area contributed by atoms with Gasteiger partial charge in [0.05, 0.1) is 12.8 Å². The van der Waals surface area contributed by atoms with Gasteiger partial charge in [-0.25, -0.2) is 0 Å². The molecule has 4 nitrogen and oxygen atoms in total. The summed E-state index contributed by atoms with van der Waals surface area (Å²) in [5.74, 6) is 0. The topological polar surface area (TPSA) is 39.1 Å². The lowest BCUT2D eigenvalue weighted by Gasteiger charge is -2.14. The predicted molar refractivity (Wildman–Crippen MR) is 80.2 cm³/mol. The average Bonchev–Trinajstić information content (AvgIpc) is 2.90. The highest BCUT2D eigenvalue weighted by atomic mass is 16.5. The summed E-state index contributed by atoms with van der Waals surface area (Å²) in [7, 11) is 1.94. The van der Waals surface area contributed by atoms with Crippen molar-refractivity contribution in [2.45, 2.75) is 33.0 Å². The summed E-state index contributed by atoms with van der Waals surface area (Å²) < 4.78 is 7.34. The van der Waals surface area contributed by atoms with Crippen molar-refractivity contribution in [2.75, 3.05) is 6.61 Å². The number of ether oxygens (including phenoxy) is 1. The number of nitrogens with zero attached hydrogens (tertiary/aromatic N) is 2. The van der Waals surface area contributed by atoms with Crippen LogP contribution < -0.4 is 5.32 Å². The summed E-state index contributed by atoms with van der Waals surface area (Å²) in [6.07, 6.45) is 3.95. The van der Waals surface area contributed by atoms with E-state index in [0.29, 0.717) is 6.61 Å². The molecule has 108 valence electrons. The molecule has 2 rings (SSSR count). The minimum Gasteiger partial charge on any atom is -0.377 e. The summed E-state index contributed by atoms with van der Waals surface area (Å²) in [6.45, 7) is 6.43. The molecule has 1 unspecified atom stereocenters. The standard InChI is InChI=1S/C16H23N3O/c1-4-20-12-15-8-6-5-7-14(15)9-17-13(2)16-10-18-19(3)11-16/h5-8,10-11,13,17H,4,9,12H2,1-3H3. The van der Waals surface area contributed by atoms with Crippen LogP contribution in [0.5, 0.6) is 0 Å². The van der Waals surface area contributed by atoms with Gasteiger partial charge in [-0.3, -0.25) is 4.68 Å². The summed E-state index contributed by atoms with van der Waals surface area (Å²) in [4.78, 5) is 0. The number of aryl methyl sites for hydroxylation is 1. The van der Waals surface area contributed by atoms with Gasteiger partial charge in [0.25, 0.3) is 0 Å². The number of nitrogens with one attached hydrogen (secondary N) is 1. The SMILES string of the molecule is CCOCc1ccccc1CNC(C)c1cnn(C)c1. The van der Waals surface area contributed by atoms with Crippen LogP contribution in [-0.4, -0.2) is 16.4 Å². The maximum Gasteiger partial charge on any atom is 0.0719 e. The highest BCUT2D eigenvalue weighted by molar-refractivity contribution is 5.26. The van der Waals surface area contributed by atoms with Crippen LogP contribution in [0.15, 0.2) is 36.7 Å². The van der Waals surface area contributed by atoms with E-state index in [-0.39, 0.29) is 6.04 Å². The Morgan fingerprint density at radius 1 is 1.30 bits per heavy atom. The largest absolute Gasteiger partial charge is 0.377 e. The maximum atomic E-state index is 5.51. The average molecular weight is 273 g/mol. The number of benzene rings is 1. The fourth-order valence-corrected chi connectivity index (χ4v) is 2.13. The van der Waals surface area contributed by atoms with Crippen LogP contribution in [0.2, 0.25) is 0 Å². The van der Waals surface area contributed by atoms with Crippen molar-refractivity contribution < 1.29 is 4.74 Å². The first-order valence-electron chi connectivity index (χ1n) is 7.07. The van der Waals surface area contributed by atoms with E-state index in [1.165, 1.54) is 16.7 Å². The zero-order valence-electron chi connectivity index (χ0n) is 12.5. The normalized spacial score (nSPS) is 12.6. The molecule has 0 saturated carbocycles. The van der Waals surface area contributed by atoms with Crippen LogP contribution in [0.3, 0.4) is 0 Å². The van der Waals surface area contributed by atoms with Crippen molar-refractivity contribution in [1.82, 2.24) is 15.1 Å². The van der Waals surface area contributed by atoms with Gasteiger partial charge in [-0.15, -0.1) is 0 Å². The van der Waals surface area contributed by atoms with Gasteiger partial charge in [0.2, 0.25) is 0 Å². The van der Waals surface area contributed by atoms with E-state index in [1.807, 2.05) is 31.0 Å². The number of aromatic nitrogens is 2. The van der Waals surface area contributed by atoms with E-state index in [9.17, 15) is 0 Å². The Morgan fingerprint density at radius 2 is 2.05 bits per heavy atom. The van der Waals surface area contributed by atoms with Gasteiger partial charge in [-0.1, -0.05) is 24.3 Å². The highest BCUT2D eigenvalue weighted by Crippen LogP contribution is 2.14. The summed E-state index contributed by atoms with van der Waals surface area (Å²) in [5.41, 5.74) is 3.74. The molecule has 2 aromatic rings. The molecule has 0 aliphatic heterocycles. The molecule has 0 radical (unpaired) electrons. The molecule has 0 aliphatic carbocycles. The molecule has 20 heavy (non-hydrogen) atoms. The number of rotatable bonds is 7. The van der Waals surface area contributed by atoms with Crippen LogP contribution in [0.25, 0.3) is 0 Å². The summed E-state index contributed by atoms with van der Waals surface area (Å²) in [5, 5.41) is 7.74. The van der Waals surface area contributed by atoms with Crippen LogP contribution in [0, 0.1) is 0 Å². The third-order valence-electron chi connectivity index (χ3n) is 3.40. The van der Waals surface area contributed by atoms with Crippen molar-refractivity contribution in [3.05, 3.63) is 53.3 Å². The first-order valence-corrected chi connectivity index (χ1v) is 7.07. The molecule has 1 heterocycles. The molecule has 1 aromatic heterocycles. The zero-order chi connectivity index (χ0) is 14.4. The van der Waals surface area contributed by atoms with Crippen molar-refractivity contribution >= 4 is 0 Å². The molecule has 0 amide bonds. The van der Waals surface area contributed by atoms with E-state index in [4.69, 9.17) is 4.74 Å². The summed E-state index contributed by atoms with van der Waals surface area (Å²) in [6, 6.07) is 8.69. The lowest BCUT2D eigenvalue weighted by Crippen LogP contribution is -2.18. The Hall–Kier alpha value is -1.65. The Kier molecular flexibility index (Phi) is 5.32. The maximum absolute atomic E-state index is 5.51. The molecular weight excluding hydrogens is 250 g/mol. The van der Waals surface area contributed by atoms with Crippen molar-refractivity contribution in [1.29, 1.82) is 0 Å². The van der Waals surface area contributed by atoms with Gasteiger partial charge >= 0.3 is 0 Å². The minimum atomic E-state index is 0.281. The van der Waals surface area contributed by atoms with Crippen molar-refractivity contribution in [3.8, 4) is 0 Å². The van der Waals surface area contributed by atoms with Crippen LogP contribution in [0.1, 0.15) is 36.6 Å². The third kappa shape index (κ3) is 3.92. The molecule has 1 atom stereocenters. The molecule has 0 bridgehead atoms. The highest BCUT2D eigenvalue weighted by Gasteiger charge is 2.08. The Labute approximate surface area is 120 Å². The molecule has 1 N–H and O–H groups in total. The number of hydrogen-bond donors (Lipinski definition) is 1. The quantitative estimate of drug-likeness (QED) is 0.843. The van der Waals surface area contributed by atoms with E-state index in [1.54, 1.807) is 0 Å². The van der Waals surface area contributed by atoms with Gasteiger partial charge in [0, 0.05) is 38.0 Å². The van der Waals surface area contributed by atoms with Gasteiger partial charge < -0.3 is 10.1 Å². The minimum absolute atomic E-state index is 0.281. The molecule has 0 aliphatic rings. The van der Waals surface area contributed by atoms with Gasteiger partial charge in [0.15, 0.2) is 0 Å². The van der Waals surface area contributed by atoms with E-state index < -0.39 is 0 Å². The Balaban J connectivity index is 1.96. The van der Waals surface area contributed by atoms with E-state index in [0.717, 1.165) is 13.2 Å². The zero-order valence-corrected chi connectivity index (χ0v) is 12.5. The smallest absolute Gasteiger partial charge is 0.0719 e. The van der Waals surface area contributed by atoms with Crippen LogP contribution in [0.4, 0.5) is 0 Å². The molecule has 0 fully saturated rings. The molecular formula is C16H23N3O. The molecule has 0 saturated heterocycles.